The summed E-state index contributed by atoms with van der Waals surface area (Å²) in [6.45, 7) is 4.22. The first-order chi connectivity index (χ1) is 8.07. The topological polar surface area (TPSA) is 57.8 Å². The smallest absolute Gasteiger partial charge is 0.240 e. The van der Waals surface area contributed by atoms with Crippen molar-refractivity contribution in [3.05, 3.63) is 24.0 Å². The molecule has 0 saturated carbocycles. The van der Waals surface area contributed by atoms with Crippen LogP contribution in [-0.4, -0.2) is 10.5 Å². The number of nitrogens with zero attached hydrogens (tertiary/aromatic N) is 2. The molecular weight excluding hydrogens is 214 g/mol. The first kappa shape index (κ1) is 13.3. The summed E-state index contributed by atoms with van der Waals surface area (Å²) in [7, 11) is 1.93. The van der Waals surface area contributed by atoms with Crippen molar-refractivity contribution in [2.45, 2.75) is 33.2 Å². The van der Waals surface area contributed by atoms with Crippen LogP contribution in [0.25, 0.3) is 0 Å². The van der Waals surface area contributed by atoms with Gasteiger partial charge >= 0.3 is 0 Å². The van der Waals surface area contributed by atoms with Crippen molar-refractivity contribution in [3.8, 4) is 6.07 Å². The van der Waals surface area contributed by atoms with Crippen molar-refractivity contribution in [2.24, 2.45) is 12.5 Å². The third-order valence-corrected chi connectivity index (χ3v) is 3.20. The van der Waals surface area contributed by atoms with Crippen molar-refractivity contribution in [1.82, 2.24) is 9.88 Å². The van der Waals surface area contributed by atoms with E-state index in [1.165, 1.54) is 0 Å². The molecule has 4 nitrogen and oxygen atoms in total. The summed E-state index contributed by atoms with van der Waals surface area (Å²) >= 11 is 0. The van der Waals surface area contributed by atoms with Crippen molar-refractivity contribution in [2.75, 3.05) is 0 Å². The van der Waals surface area contributed by atoms with E-state index in [1.807, 2.05) is 43.9 Å². The first-order valence-electron chi connectivity index (χ1n) is 5.88. The van der Waals surface area contributed by atoms with Crippen LogP contribution in [0, 0.1) is 16.7 Å². The Bertz CT molecular complexity index is 424. The van der Waals surface area contributed by atoms with Crippen LogP contribution in [0.5, 0.6) is 0 Å². The van der Waals surface area contributed by atoms with Gasteiger partial charge in [0, 0.05) is 26.0 Å². The number of hydrogen-bond donors (Lipinski definition) is 1. The van der Waals surface area contributed by atoms with E-state index in [-0.39, 0.29) is 5.91 Å². The number of aryl methyl sites for hydroxylation is 1. The molecule has 1 rings (SSSR count). The third-order valence-electron chi connectivity index (χ3n) is 3.20. The van der Waals surface area contributed by atoms with Gasteiger partial charge in [-0.3, -0.25) is 4.79 Å². The summed E-state index contributed by atoms with van der Waals surface area (Å²) < 4.78 is 1.93. The zero-order valence-electron chi connectivity index (χ0n) is 10.7. The molecule has 0 radical (unpaired) electrons. The van der Waals surface area contributed by atoms with Gasteiger partial charge in [0.05, 0.1) is 6.07 Å². The molecule has 0 atom stereocenters. The van der Waals surface area contributed by atoms with Gasteiger partial charge < -0.3 is 9.88 Å². The number of carbonyl (C=O) groups excluding carboxylic acids is 1. The third kappa shape index (κ3) is 2.88. The number of carbonyl (C=O) groups is 1. The minimum Gasteiger partial charge on any atom is -0.357 e. The fraction of sp³-hybridized carbons (Fsp3) is 0.538. The SMILES string of the molecule is CCC(C#N)(CC)C(=O)NCc1ccn(C)c1. The van der Waals surface area contributed by atoms with Crippen LogP contribution in [0.15, 0.2) is 18.5 Å². The van der Waals surface area contributed by atoms with Gasteiger partial charge in [-0.1, -0.05) is 13.8 Å². The molecule has 0 spiro atoms. The summed E-state index contributed by atoms with van der Waals surface area (Å²) in [4.78, 5) is 12.0. The molecule has 1 aromatic heterocycles. The molecule has 0 aromatic carbocycles. The largest absolute Gasteiger partial charge is 0.357 e. The molecule has 0 bridgehead atoms. The maximum atomic E-state index is 12.0. The molecule has 0 aliphatic heterocycles. The van der Waals surface area contributed by atoms with Crippen molar-refractivity contribution in [3.63, 3.8) is 0 Å². The Morgan fingerprint density at radius 3 is 2.59 bits per heavy atom. The zero-order chi connectivity index (χ0) is 12.9. The Morgan fingerprint density at radius 2 is 2.18 bits per heavy atom. The van der Waals surface area contributed by atoms with Crippen LogP contribution in [0.3, 0.4) is 0 Å². The van der Waals surface area contributed by atoms with E-state index in [4.69, 9.17) is 5.26 Å². The molecule has 0 unspecified atom stereocenters. The average Bonchev–Trinajstić information content (AvgIpc) is 2.75. The number of rotatable bonds is 5. The van der Waals surface area contributed by atoms with Gasteiger partial charge in [0.15, 0.2) is 0 Å². The second-order valence-corrected chi connectivity index (χ2v) is 4.27. The highest BCUT2D eigenvalue weighted by Gasteiger charge is 2.34. The Morgan fingerprint density at radius 1 is 1.53 bits per heavy atom. The highest BCUT2D eigenvalue weighted by molar-refractivity contribution is 5.85. The summed E-state index contributed by atoms with van der Waals surface area (Å²) in [5, 5.41) is 12.0. The van der Waals surface area contributed by atoms with E-state index in [0.717, 1.165) is 5.56 Å². The molecule has 1 heterocycles. The summed E-state index contributed by atoms with van der Waals surface area (Å²) in [6, 6.07) is 4.09. The Hall–Kier alpha value is -1.76. The van der Waals surface area contributed by atoms with Gasteiger partial charge in [0.1, 0.15) is 5.41 Å². The zero-order valence-corrected chi connectivity index (χ0v) is 10.7. The highest BCUT2D eigenvalue weighted by atomic mass is 16.2. The molecule has 1 aromatic rings. The molecule has 0 aliphatic rings. The quantitative estimate of drug-likeness (QED) is 0.845. The number of aromatic nitrogens is 1. The molecule has 17 heavy (non-hydrogen) atoms. The van der Waals surface area contributed by atoms with Gasteiger partial charge in [0.2, 0.25) is 5.91 Å². The van der Waals surface area contributed by atoms with Gasteiger partial charge in [-0.25, -0.2) is 0 Å². The Balaban J connectivity index is 2.63. The predicted molar refractivity (Wildman–Crippen MR) is 65.9 cm³/mol. The molecule has 92 valence electrons. The average molecular weight is 233 g/mol. The molecule has 1 amide bonds. The van der Waals surface area contributed by atoms with E-state index < -0.39 is 5.41 Å². The van der Waals surface area contributed by atoms with Crippen LogP contribution >= 0.6 is 0 Å². The second kappa shape index (κ2) is 5.53. The van der Waals surface area contributed by atoms with Crippen LogP contribution in [0.1, 0.15) is 32.3 Å². The standard InChI is InChI=1S/C13H19N3O/c1-4-13(5-2,10-14)12(17)15-8-11-6-7-16(3)9-11/h6-7,9H,4-5,8H2,1-3H3,(H,15,17). The number of nitriles is 1. The number of nitrogens with one attached hydrogen (secondary N) is 1. The minimum absolute atomic E-state index is 0.172. The molecule has 0 saturated heterocycles. The summed E-state index contributed by atoms with van der Waals surface area (Å²) in [5.74, 6) is -0.172. The highest BCUT2D eigenvalue weighted by Crippen LogP contribution is 2.25. The van der Waals surface area contributed by atoms with Crippen LogP contribution in [0.4, 0.5) is 0 Å². The fourth-order valence-corrected chi connectivity index (χ4v) is 1.80. The lowest BCUT2D eigenvalue weighted by Crippen LogP contribution is -2.38. The van der Waals surface area contributed by atoms with Crippen LogP contribution in [-0.2, 0) is 18.4 Å². The maximum absolute atomic E-state index is 12.0. The number of hydrogen-bond acceptors (Lipinski definition) is 2. The van der Waals surface area contributed by atoms with Crippen molar-refractivity contribution >= 4 is 5.91 Å². The van der Waals surface area contributed by atoms with E-state index in [9.17, 15) is 4.79 Å². The monoisotopic (exact) mass is 233 g/mol. The van der Waals surface area contributed by atoms with E-state index in [1.54, 1.807) is 0 Å². The summed E-state index contributed by atoms with van der Waals surface area (Å²) in [5.41, 5.74) is 0.161. The molecule has 0 aliphatic carbocycles. The van der Waals surface area contributed by atoms with Crippen molar-refractivity contribution in [1.29, 1.82) is 5.26 Å². The van der Waals surface area contributed by atoms with Crippen LogP contribution in [0.2, 0.25) is 0 Å². The lowest BCUT2D eigenvalue weighted by molar-refractivity contribution is -0.128. The molecule has 1 N–H and O–H groups in total. The maximum Gasteiger partial charge on any atom is 0.240 e. The minimum atomic E-state index is -0.880. The van der Waals surface area contributed by atoms with Crippen molar-refractivity contribution < 1.29 is 4.79 Å². The number of amides is 1. The Kier molecular flexibility index (Phi) is 4.33. The fourth-order valence-electron chi connectivity index (χ4n) is 1.80. The molecular formula is C13H19N3O. The first-order valence-corrected chi connectivity index (χ1v) is 5.88. The van der Waals surface area contributed by atoms with Gasteiger partial charge in [0.25, 0.3) is 0 Å². The second-order valence-electron chi connectivity index (χ2n) is 4.27. The van der Waals surface area contributed by atoms with Gasteiger partial charge in [-0.05, 0) is 24.5 Å². The van der Waals surface area contributed by atoms with Gasteiger partial charge in [-0.2, -0.15) is 5.26 Å². The molecule has 4 heteroatoms. The van der Waals surface area contributed by atoms with E-state index in [2.05, 4.69) is 11.4 Å². The van der Waals surface area contributed by atoms with Crippen LogP contribution < -0.4 is 5.32 Å². The molecule has 0 fully saturated rings. The van der Waals surface area contributed by atoms with E-state index in [0.29, 0.717) is 19.4 Å². The van der Waals surface area contributed by atoms with E-state index >= 15 is 0 Å². The lowest BCUT2D eigenvalue weighted by atomic mass is 9.83. The normalized spacial score (nSPS) is 10.9. The lowest BCUT2D eigenvalue weighted by Gasteiger charge is -2.21. The Labute approximate surface area is 102 Å². The summed E-state index contributed by atoms with van der Waals surface area (Å²) in [6.07, 6.45) is 4.96. The van der Waals surface area contributed by atoms with Gasteiger partial charge in [-0.15, -0.1) is 0 Å². The predicted octanol–water partition coefficient (Wildman–Crippen LogP) is 1.97.